The molecule has 0 bridgehead atoms. The predicted octanol–water partition coefficient (Wildman–Crippen LogP) is 1.57. The fourth-order valence-electron chi connectivity index (χ4n) is 1.42. The Bertz CT molecular complexity index is 406. The summed E-state index contributed by atoms with van der Waals surface area (Å²) in [7, 11) is 1.86. The van der Waals surface area contributed by atoms with Crippen molar-refractivity contribution in [3.63, 3.8) is 0 Å². The molecule has 1 aromatic heterocycles. The molecule has 1 N–H and O–H groups in total. The quantitative estimate of drug-likeness (QED) is 0.818. The van der Waals surface area contributed by atoms with Gasteiger partial charge in [0.05, 0.1) is 18.5 Å². The highest BCUT2D eigenvalue weighted by Crippen LogP contribution is 2.10. The van der Waals surface area contributed by atoms with Gasteiger partial charge in [-0.1, -0.05) is 0 Å². The molecule has 0 aromatic carbocycles. The third-order valence-electron chi connectivity index (χ3n) is 2.10. The van der Waals surface area contributed by atoms with Crippen molar-refractivity contribution < 1.29 is 14.3 Å². The van der Waals surface area contributed by atoms with Crippen LogP contribution in [-0.4, -0.2) is 29.6 Å². The minimum atomic E-state index is -1.07. The largest absolute Gasteiger partial charge is 0.475 e. The van der Waals surface area contributed by atoms with Crippen LogP contribution in [0.3, 0.4) is 0 Å². The first-order chi connectivity index (χ1) is 7.52. The smallest absolute Gasteiger partial charge is 0.371 e. The Balaban J connectivity index is 2.53. The molecule has 0 radical (unpaired) electrons. The molecule has 1 heterocycles. The number of aromatic carboxylic acids is 1. The van der Waals surface area contributed by atoms with Crippen LogP contribution in [0.15, 0.2) is 16.5 Å². The molecule has 0 aliphatic carbocycles. The number of hydrogen-bond donors (Lipinski definition) is 1. The molecule has 0 spiro atoms. The average molecular weight is 222 g/mol. The molecular weight excluding hydrogens is 208 g/mol. The summed E-state index contributed by atoms with van der Waals surface area (Å²) >= 11 is 0. The van der Waals surface area contributed by atoms with Crippen LogP contribution in [0.5, 0.6) is 0 Å². The molecule has 1 atom stereocenters. The van der Waals surface area contributed by atoms with Crippen LogP contribution in [-0.2, 0) is 6.54 Å². The van der Waals surface area contributed by atoms with Crippen molar-refractivity contribution in [1.29, 1.82) is 5.26 Å². The summed E-state index contributed by atoms with van der Waals surface area (Å²) < 4.78 is 5.11. The number of carboxylic acid groups (broad SMARTS) is 1. The van der Waals surface area contributed by atoms with Crippen molar-refractivity contribution in [3.8, 4) is 6.07 Å². The van der Waals surface area contributed by atoms with E-state index in [1.165, 1.54) is 6.07 Å². The van der Waals surface area contributed by atoms with Crippen LogP contribution in [0.4, 0.5) is 0 Å². The molecule has 0 amide bonds. The Hall–Kier alpha value is -1.80. The molecular formula is C11H14N2O3. The second-order valence-electron chi connectivity index (χ2n) is 3.80. The van der Waals surface area contributed by atoms with Crippen molar-refractivity contribution in [2.75, 3.05) is 13.6 Å². The highest BCUT2D eigenvalue weighted by Gasteiger charge is 2.11. The summed E-state index contributed by atoms with van der Waals surface area (Å²) in [4.78, 5) is 12.5. The minimum absolute atomic E-state index is 0.0566. The predicted molar refractivity (Wildman–Crippen MR) is 56.8 cm³/mol. The first kappa shape index (κ1) is 12.3. The Morgan fingerprint density at radius 3 is 2.88 bits per heavy atom. The van der Waals surface area contributed by atoms with Gasteiger partial charge in [-0.05, 0) is 26.1 Å². The normalized spacial score (nSPS) is 12.4. The zero-order valence-corrected chi connectivity index (χ0v) is 9.30. The highest BCUT2D eigenvalue weighted by molar-refractivity contribution is 5.84. The molecule has 0 aliphatic heterocycles. The zero-order chi connectivity index (χ0) is 12.1. The van der Waals surface area contributed by atoms with E-state index in [9.17, 15) is 4.79 Å². The van der Waals surface area contributed by atoms with Gasteiger partial charge in [-0.25, -0.2) is 4.79 Å². The number of rotatable bonds is 5. The van der Waals surface area contributed by atoms with Gasteiger partial charge in [-0.15, -0.1) is 0 Å². The van der Waals surface area contributed by atoms with Gasteiger partial charge < -0.3 is 9.52 Å². The standard InChI is InChI=1S/C11H14N2O3/c1-8(5-12)6-13(2)7-9-3-4-10(16-9)11(14)15/h3-4,8H,6-7H2,1-2H3,(H,14,15). The number of nitrogens with zero attached hydrogens (tertiary/aromatic N) is 2. The lowest BCUT2D eigenvalue weighted by Crippen LogP contribution is -2.23. The molecule has 0 saturated heterocycles. The van der Waals surface area contributed by atoms with Gasteiger partial charge in [-0.3, -0.25) is 4.90 Å². The van der Waals surface area contributed by atoms with Crippen molar-refractivity contribution in [2.45, 2.75) is 13.5 Å². The van der Waals surface area contributed by atoms with E-state index in [4.69, 9.17) is 14.8 Å². The zero-order valence-electron chi connectivity index (χ0n) is 9.30. The maximum atomic E-state index is 10.6. The molecule has 1 aromatic rings. The van der Waals surface area contributed by atoms with Gasteiger partial charge in [-0.2, -0.15) is 5.26 Å². The number of carboxylic acids is 1. The molecule has 0 saturated carbocycles. The van der Waals surface area contributed by atoms with Crippen LogP contribution in [0.25, 0.3) is 0 Å². The third kappa shape index (κ3) is 3.41. The van der Waals surface area contributed by atoms with Gasteiger partial charge in [0.1, 0.15) is 5.76 Å². The fraction of sp³-hybridized carbons (Fsp3) is 0.455. The van der Waals surface area contributed by atoms with Gasteiger partial charge in [0.25, 0.3) is 0 Å². The van der Waals surface area contributed by atoms with E-state index in [1.807, 2.05) is 18.9 Å². The van der Waals surface area contributed by atoms with Crippen LogP contribution < -0.4 is 0 Å². The summed E-state index contributed by atoms with van der Waals surface area (Å²) in [5.74, 6) is -0.597. The van der Waals surface area contributed by atoms with Crippen molar-refractivity contribution in [2.24, 2.45) is 5.92 Å². The number of carbonyl (C=O) groups is 1. The molecule has 1 unspecified atom stereocenters. The van der Waals surface area contributed by atoms with E-state index >= 15 is 0 Å². The summed E-state index contributed by atoms with van der Waals surface area (Å²) in [6.07, 6.45) is 0. The molecule has 5 nitrogen and oxygen atoms in total. The number of hydrogen-bond acceptors (Lipinski definition) is 4. The molecule has 16 heavy (non-hydrogen) atoms. The van der Waals surface area contributed by atoms with Gasteiger partial charge in [0.2, 0.25) is 5.76 Å². The van der Waals surface area contributed by atoms with E-state index in [-0.39, 0.29) is 11.7 Å². The van der Waals surface area contributed by atoms with Crippen molar-refractivity contribution >= 4 is 5.97 Å². The number of nitriles is 1. The Morgan fingerprint density at radius 1 is 1.69 bits per heavy atom. The van der Waals surface area contributed by atoms with E-state index in [0.717, 1.165) is 0 Å². The maximum absolute atomic E-state index is 10.6. The van der Waals surface area contributed by atoms with E-state index in [2.05, 4.69) is 6.07 Å². The van der Waals surface area contributed by atoms with E-state index in [1.54, 1.807) is 6.07 Å². The first-order valence-electron chi connectivity index (χ1n) is 4.93. The third-order valence-corrected chi connectivity index (χ3v) is 2.10. The average Bonchev–Trinajstić information content (AvgIpc) is 2.65. The summed E-state index contributed by atoms with van der Waals surface area (Å²) in [5, 5.41) is 17.3. The minimum Gasteiger partial charge on any atom is -0.475 e. The second kappa shape index (κ2) is 5.33. The lowest BCUT2D eigenvalue weighted by molar-refractivity contribution is 0.0658. The summed E-state index contributed by atoms with van der Waals surface area (Å²) in [6, 6.07) is 5.20. The summed E-state index contributed by atoms with van der Waals surface area (Å²) in [6.45, 7) is 2.96. The van der Waals surface area contributed by atoms with Crippen molar-refractivity contribution in [3.05, 3.63) is 23.7 Å². The van der Waals surface area contributed by atoms with Crippen LogP contribution in [0.1, 0.15) is 23.2 Å². The topological polar surface area (TPSA) is 77.5 Å². The van der Waals surface area contributed by atoms with Crippen LogP contribution >= 0.6 is 0 Å². The van der Waals surface area contributed by atoms with Crippen LogP contribution in [0.2, 0.25) is 0 Å². The Morgan fingerprint density at radius 2 is 2.38 bits per heavy atom. The van der Waals surface area contributed by atoms with E-state index < -0.39 is 5.97 Å². The first-order valence-corrected chi connectivity index (χ1v) is 4.93. The number of furan rings is 1. The lowest BCUT2D eigenvalue weighted by Gasteiger charge is -2.15. The summed E-state index contributed by atoms with van der Waals surface area (Å²) in [5.41, 5.74) is 0. The second-order valence-corrected chi connectivity index (χ2v) is 3.80. The fourth-order valence-corrected chi connectivity index (χ4v) is 1.42. The monoisotopic (exact) mass is 222 g/mol. The lowest BCUT2D eigenvalue weighted by atomic mass is 10.2. The molecule has 5 heteroatoms. The SMILES string of the molecule is CC(C#N)CN(C)Cc1ccc(C(=O)O)o1. The Labute approximate surface area is 93.9 Å². The van der Waals surface area contributed by atoms with E-state index in [0.29, 0.717) is 18.8 Å². The molecule has 0 aliphatic rings. The molecule has 0 fully saturated rings. The molecule has 86 valence electrons. The molecule has 1 rings (SSSR count). The van der Waals surface area contributed by atoms with Crippen molar-refractivity contribution in [1.82, 2.24) is 4.90 Å². The maximum Gasteiger partial charge on any atom is 0.371 e. The van der Waals surface area contributed by atoms with Gasteiger partial charge >= 0.3 is 5.97 Å². The Kier molecular flexibility index (Phi) is 4.09. The van der Waals surface area contributed by atoms with Gasteiger partial charge in [0.15, 0.2) is 0 Å². The highest BCUT2D eigenvalue weighted by atomic mass is 16.4. The van der Waals surface area contributed by atoms with Gasteiger partial charge in [0, 0.05) is 6.54 Å². The van der Waals surface area contributed by atoms with Crippen LogP contribution in [0, 0.1) is 17.2 Å².